The number of ether oxygens (including phenoxy) is 1. The molecule has 1 saturated heterocycles. The van der Waals surface area contributed by atoms with E-state index < -0.39 is 17.7 Å². The lowest BCUT2D eigenvalue weighted by atomic mass is 9.96. The number of ketones is 1. The second-order valence-electron chi connectivity index (χ2n) is 5.91. The summed E-state index contributed by atoms with van der Waals surface area (Å²) in [7, 11) is 0. The van der Waals surface area contributed by atoms with Crippen LogP contribution in [0.15, 0.2) is 35.6 Å². The van der Waals surface area contributed by atoms with E-state index in [0.29, 0.717) is 18.7 Å². The van der Waals surface area contributed by atoms with Gasteiger partial charge in [-0.3, -0.25) is 9.59 Å². The molecule has 3 rings (SSSR count). The predicted octanol–water partition coefficient (Wildman–Crippen LogP) is 1.86. The molecule has 2 atom stereocenters. The zero-order valence-electron chi connectivity index (χ0n) is 12.9. The van der Waals surface area contributed by atoms with Gasteiger partial charge in [0.25, 0.3) is 5.91 Å². The second kappa shape index (κ2) is 6.04. The molecule has 1 aromatic rings. The maximum Gasteiger partial charge on any atom is 0.290 e. The molecule has 0 aliphatic carbocycles. The molecule has 0 spiro atoms. The fraction of sp³-hybridized carbons (Fsp3) is 0.412. The fourth-order valence-corrected chi connectivity index (χ4v) is 3.21. The molecule has 0 saturated carbocycles. The van der Waals surface area contributed by atoms with Crippen LogP contribution in [0.4, 0.5) is 0 Å². The first-order valence-electron chi connectivity index (χ1n) is 7.64. The smallest absolute Gasteiger partial charge is 0.290 e. The number of hydrogen-bond acceptors (Lipinski definition) is 5. The number of carbonyl (C=O) groups excluding carboxylic acids is 2. The molecule has 6 heteroatoms. The van der Waals surface area contributed by atoms with Gasteiger partial charge in [0.2, 0.25) is 0 Å². The number of hydrogen-bond donors (Lipinski definition) is 2. The molecular weight excluding hydrogens is 298 g/mol. The van der Waals surface area contributed by atoms with E-state index in [0.717, 1.165) is 12.8 Å². The third-order valence-corrected chi connectivity index (χ3v) is 4.32. The minimum Gasteiger partial charge on any atom is -0.508 e. The van der Waals surface area contributed by atoms with Gasteiger partial charge in [-0.15, -0.1) is 0 Å². The van der Waals surface area contributed by atoms with Gasteiger partial charge in [-0.2, -0.15) is 0 Å². The maximum atomic E-state index is 12.4. The van der Waals surface area contributed by atoms with Crippen LogP contribution in [0.1, 0.15) is 31.4 Å². The number of Topliss-reactive ketones (excluding diaryl/α,β-unsaturated/α-hetero) is 1. The molecule has 0 unspecified atom stereocenters. The molecule has 2 heterocycles. The molecule has 122 valence electrons. The van der Waals surface area contributed by atoms with Crippen LogP contribution in [-0.4, -0.2) is 46.1 Å². The summed E-state index contributed by atoms with van der Waals surface area (Å²) in [6.07, 6.45) is 1.70. The molecule has 2 N–H and O–H groups in total. The van der Waals surface area contributed by atoms with Gasteiger partial charge in [0.1, 0.15) is 5.75 Å². The van der Waals surface area contributed by atoms with Crippen molar-refractivity contribution in [2.45, 2.75) is 31.9 Å². The fourth-order valence-electron chi connectivity index (χ4n) is 3.21. The van der Waals surface area contributed by atoms with Crippen LogP contribution in [0.3, 0.4) is 0 Å². The van der Waals surface area contributed by atoms with Gasteiger partial charge in [-0.1, -0.05) is 12.1 Å². The average Bonchev–Trinajstić information content (AvgIpc) is 3.10. The summed E-state index contributed by atoms with van der Waals surface area (Å²) < 4.78 is 5.58. The highest BCUT2D eigenvalue weighted by Crippen LogP contribution is 2.38. The summed E-state index contributed by atoms with van der Waals surface area (Å²) >= 11 is 0. The molecule has 1 fully saturated rings. The summed E-state index contributed by atoms with van der Waals surface area (Å²) in [5.41, 5.74) is 0.766. The third-order valence-electron chi connectivity index (χ3n) is 4.32. The second-order valence-corrected chi connectivity index (χ2v) is 5.91. The quantitative estimate of drug-likeness (QED) is 0.885. The van der Waals surface area contributed by atoms with Crippen molar-refractivity contribution in [3.63, 3.8) is 0 Å². The lowest BCUT2D eigenvalue weighted by Gasteiger charge is -2.28. The van der Waals surface area contributed by atoms with Crippen molar-refractivity contribution in [3.05, 3.63) is 41.2 Å². The van der Waals surface area contributed by atoms with E-state index in [-0.39, 0.29) is 23.2 Å². The van der Waals surface area contributed by atoms with Crippen LogP contribution in [0.2, 0.25) is 0 Å². The topological polar surface area (TPSA) is 87.1 Å². The molecule has 1 amide bonds. The SMILES string of the molecule is CC(=O)C1=C(O)C(=O)N(C[C@H]2CCCO2)[C@@H]1c1ccc(O)cc1. The molecule has 0 bridgehead atoms. The summed E-state index contributed by atoms with van der Waals surface area (Å²) in [5, 5.41) is 19.6. The van der Waals surface area contributed by atoms with Crippen molar-refractivity contribution in [1.29, 1.82) is 0 Å². The minimum atomic E-state index is -0.648. The number of phenolic OH excluding ortho intramolecular Hbond substituents is 1. The lowest BCUT2D eigenvalue weighted by Crippen LogP contribution is -2.37. The first kappa shape index (κ1) is 15.6. The summed E-state index contributed by atoms with van der Waals surface area (Å²) in [6.45, 7) is 2.32. The highest BCUT2D eigenvalue weighted by atomic mass is 16.5. The van der Waals surface area contributed by atoms with Crippen LogP contribution in [-0.2, 0) is 14.3 Å². The molecule has 2 aliphatic heterocycles. The number of nitrogens with zero attached hydrogens (tertiary/aromatic N) is 1. The number of benzene rings is 1. The Morgan fingerprint density at radius 3 is 2.57 bits per heavy atom. The Balaban J connectivity index is 1.98. The molecule has 0 aromatic heterocycles. The largest absolute Gasteiger partial charge is 0.508 e. The number of phenols is 1. The standard InChI is InChI=1S/C17H19NO5/c1-10(19)14-15(11-4-6-12(20)7-5-11)18(17(22)16(14)21)9-13-3-2-8-23-13/h4-7,13,15,20-21H,2-3,8-9H2,1H3/t13-,15-/m1/s1. The maximum absolute atomic E-state index is 12.4. The first-order valence-corrected chi connectivity index (χ1v) is 7.64. The van der Waals surface area contributed by atoms with E-state index >= 15 is 0 Å². The van der Waals surface area contributed by atoms with Crippen LogP contribution in [0, 0.1) is 0 Å². The van der Waals surface area contributed by atoms with Crippen molar-refractivity contribution in [2.75, 3.05) is 13.2 Å². The Morgan fingerprint density at radius 2 is 2.00 bits per heavy atom. The Morgan fingerprint density at radius 1 is 1.30 bits per heavy atom. The van der Waals surface area contributed by atoms with Crippen molar-refractivity contribution in [1.82, 2.24) is 4.90 Å². The predicted molar refractivity (Wildman–Crippen MR) is 81.9 cm³/mol. The van der Waals surface area contributed by atoms with E-state index in [9.17, 15) is 19.8 Å². The number of rotatable bonds is 4. The zero-order chi connectivity index (χ0) is 16.6. The molecule has 23 heavy (non-hydrogen) atoms. The Bertz CT molecular complexity index is 658. The highest BCUT2D eigenvalue weighted by Gasteiger charge is 2.43. The van der Waals surface area contributed by atoms with Crippen LogP contribution in [0.5, 0.6) is 5.75 Å². The molecule has 1 aromatic carbocycles. The van der Waals surface area contributed by atoms with Crippen LogP contribution >= 0.6 is 0 Å². The van der Waals surface area contributed by atoms with Gasteiger partial charge in [-0.25, -0.2) is 0 Å². The van der Waals surface area contributed by atoms with Crippen molar-refractivity contribution in [3.8, 4) is 5.75 Å². The highest BCUT2D eigenvalue weighted by molar-refractivity contribution is 6.08. The van der Waals surface area contributed by atoms with Gasteiger partial charge in [0.15, 0.2) is 11.5 Å². The van der Waals surface area contributed by atoms with Crippen molar-refractivity contribution < 1.29 is 24.5 Å². The Labute approximate surface area is 134 Å². The van der Waals surface area contributed by atoms with Gasteiger partial charge in [-0.05, 0) is 37.5 Å². The number of amides is 1. The van der Waals surface area contributed by atoms with Crippen molar-refractivity contribution >= 4 is 11.7 Å². The number of aliphatic hydroxyl groups is 1. The summed E-state index contributed by atoms with van der Waals surface area (Å²) in [5.74, 6) is -1.29. The summed E-state index contributed by atoms with van der Waals surface area (Å²) in [6, 6.07) is 5.65. The molecule has 2 aliphatic rings. The number of aliphatic hydroxyl groups excluding tert-OH is 1. The van der Waals surface area contributed by atoms with Crippen molar-refractivity contribution in [2.24, 2.45) is 0 Å². The molecule has 0 radical (unpaired) electrons. The van der Waals surface area contributed by atoms with E-state index in [2.05, 4.69) is 0 Å². The van der Waals surface area contributed by atoms with E-state index in [1.165, 1.54) is 24.0 Å². The lowest BCUT2D eigenvalue weighted by molar-refractivity contribution is -0.131. The first-order chi connectivity index (χ1) is 11.0. The minimum absolute atomic E-state index is 0.0855. The normalized spacial score (nSPS) is 24.6. The summed E-state index contributed by atoms with van der Waals surface area (Å²) in [4.78, 5) is 25.9. The third kappa shape index (κ3) is 2.82. The molecular formula is C17H19NO5. The zero-order valence-corrected chi connectivity index (χ0v) is 12.9. The van der Waals surface area contributed by atoms with E-state index in [1.54, 1.807) is 12.1 Å². The van der Waals surface area contributed by atoms with E-state index in [4.69, 9.17) is 4.74 Å². The molecule has 6 nitrogen and oxygen atoms in total. The Kier molecular flexibility index (Phi) is 4.09. The van der Waals surface area contributed by atoms with Gasteiger partial charge < -0.3 is 19.8 Å². The van der Waals surface area contributed by atoms with Crippen LogP contribution < -0.4 is 0 Å². The number of carbonyl (C=O) groups is 2. The van der Waals surface area contributed by atoms with Gasteiger partial charge in [0, 0.05) is 13.2 Å². The van der Waals surface area contributed by atoms with Gasteiger partial charge >= 0.3 is 0 Å². The Hall–Kier alpha value is -2.34. The number of aromatic hydroxyl groups is 1. The van der Waals surface area contributed by atoms with Gasteiger partial charge in [0.05, 0.1) is 17.7 Å². The van der Waals surface area contributed by atoms with E-state index in [1.807, 2.05) is 0 Å². The van der Waals surface area contributed by atoms with Crippen LogP contribution in [0.25, 0.3) is 0 Å². The average molecular weight is 317 g/mol. The monoisotopic (exact) mass is 317 g/mol.